The largest absolute Gasteiger partial charge is 0.379 e. The highest BCUT2D eigenvalue weighted by Crippen LogP contribution is 2.08. The number of hydrogen-bond donors (Lipinski definition) is 1. The molecule has 0 atom stereocenters. The van der Waals surface area contributed by atoms with Gasteiger partial charge in [-0.3, -0.25) is 4.99 Å². The summed E-state index contributed by atoms with van der Waals surface area (Å²) in [5, 5.41) is 0. The predicted octanol–water partition coefficient (Wildman–Crippen LogP) is 1.56. The lowest BCUT2D eigenvalue weighted by Crippen LogP contribution is -2.42. The van der Waals surface area contributed by atoms with Gasteiger partial charge in [0.1, 0.15) is 0 Å². The van der Waals surface area contributed by atoms with Crippen LogP contribution in [0.5, 0.6) is 0 Å². The summed E-state index contributed by atoms with van der Waals surface area (Å²) in [4.78, 5) is 6.44. The number of thioether (sulfide) groups is 1. The molecule has 0 radical (unpaired) electrons. The van der Waals surface area contributed by atoms with E-state index >= 15 is 0 Å². The molecule has 1 aliphatic heterocycles. The molecule has 1 aliphatic rings. The third-order valence-corrected chi connectivity index (χ3v) is 3.25. The van der Waals surface area contributed by atoms with Gasteiger partial charge >= 0.3 is 0 Å². The predicted molar refractivity (Wildman–Crippen MR) is 86.4 cm³/mol. The van der Waals surface area contributed by atoms with Gasteiger partial charge in [0, 0.05) is 24.6 Å². The molecule has 6 heteroatoms. The van der Waals surface area contributed by atoms with E-state index in [1.54, 1.807) is 0 Å². The van der Waals surface area contributed by atoms with Crippen molar-refractivity contribution in [2.75, 3.05) is 44.4 Å². The number of hydrogen-bond acceptors (Lipinski definition) is 3. The second-order valence-electron chi connectivity index (χ2n) is 3.53. The maximum Gasteiger partial charge on any atom is 0.191 e. The summed E-state index contributed by atoms with van der Waals surface area (Å²) >= 11 is 1.97. The second-order valence-corrected chi connectivity index (χ2v) is 4.75. The van der Waals surface area contributed by atoms with Crippen LogP contribution in [0.1, 0.15) is 6.42 Å². The highest BCUT2D eigenvalue weighted by atomic mass is 127. The Bertz CT molecular complexity index is 233. The van der Waals surface area contributed by atoms with Crippen LogP contribution in [0.4, 0.5) is 0 Å². The lowest BCUT2D eigenvalue weighted by molar-refractivity contribution is 0.146. The SMILES string of the molecule is C=CCCOCCN=C(N)N1CCSCC1.I. The first kappa shape index (κ1) is 17.1. The number of halogens is 1. The number of aliphatic imine (C=N–C) groups is 1. The molecular weight excluding hydrogens is 349 g/mol. The van der Waals surface area contributed by atoms with Gasteiger partial charge in [-0.25, -0.2) is 0 Å². The molecule has 0 amide bonds. The molecule has 1 saturated heterocycles. The Morgan fingerprint density at radius 2 is 2.12 bits per heavy atom. The minimum atomic E-state index is 0. The first-order valence-electron chi connectivity index (χ1n) is 5.66. The van der Waals surface area contributed by atoms with Crippen molar-refractivity contribution >= 4 is 41.7 Å². The fourth-order valence-corrected chi connectivity index (χ4v) is 2.29. The molecule has 0 aromatic rings. The fraction of sp³-hybridized carbons (Fsp3) is 0.727. The summed E-state index contributed by atoms with van der Waals surface area (Å²) < 4.78 is 5.36. The number of guanidine groups is 1. The molecule has 1 rings (SSSR count). The van der Waals surface area contributed by atoms with Crippen molar-refractivity contribution in [2.24, 2.45) is 10.7 Å². The van der Waals surface area contributed by atoms with Crippen LogP contribution >= 0.6 is 35.7 Å². The van der Waals surface area contributed by atoms with E-state index in [1.165, 1.54) is 0 Å². The normalized spacial score (nSPS) is 16.5. The average molecular weight is 371 g/mol. The zero-order valence-corrected chi connectivity index (χ0v) is 13.3. The van der Waals surface area contributed by atoms with Crippen LogP contribution in [0.15, 0.2) is 17.6 Å². The van der Waals surface area contributed by atoms with Crippen LogP contribution < -0.4 is 5.73 Å². The molecular formula is C11H22IN3OS. The molecule has 0 aromatic heterocycles. The van der Waals surface area contributed by atoms with E-state index in [2.05, 4.69) is 16.5 Å². The van der Waals surface area contributed by atoms with Crippen molar-refractivity contribution in [3.05, 3.63) is 12.7 Å². The summed E-state index contributed by atoms with van der Waals surface area (Å²) in [7, 11) is 0. The maximum atomic E-state index is 5.88. The van der Waals surface area contributed by atoms with E-state index in [0.717, 1.165) is 37.6 Å². The zero-order valence-electron chi connectivity index (χ0n) is 10.1. The van der Waals surface area contributed by atoms with Gasteiger partial charge in [0.05, 0.1) is 19.8 Å². The molecule has 17 heavy (non-hydrogen) atoms. The number of nitrogens with zero attached hydrogens (tertiary/aromatic N) is 2. The summed E-state index contributed by atoms with van der Waals surface area (Å²) in [6.45, 7) is 7.66. The average Bonchev–Trinajstić information content (AvgIpc) is 2.34. The molecule has 0 saturated carbocycles. The Hall–Kier alpha value is 0.0500. The van der Waals surface area contributed by atoms with Gasteiger partial charge in [0.25, 0.3) is 0 Å². The van der Waals surface area contributed by atoms with Crippen molar-refractivity contribution in [1.29, 1.82) is 0 Å². The molecule has 0 aromatic carbocycles. The Labute approximate surface area is 125 Å². The molecule has 0 bridgehead atoms. The van der Waals surface area contributed by atoms with Crippen molar-refractivity contribution in [2.45, 2.75) is 6.42 Å². The van der Waals surface area contributed by atoms with E-state index in [9.17, 15) is 0 Å². The second kappa shape index (κ2) is 11.2. The topological polar surface area (TPSA) is 50.9 Å². The minimum absolute atomic E-state index is 0. The zero-order chi connectivity index (χ0) is 11.6. The van der Waals surface area contributed by atoms with Gasteiger partial charge in [-0.15, -0.1) is 30.6 Å². The summed E-state index contributed by atoms with van der Waals surface area (Å²) in [6, 6.07) is 0. The van der Waals surface area contributed by atoms with Gasteiger partial charge in [-0.05, 0) is 6.42 Å². The van der Waals surface area contributed by atoms with Gasteiger partial charge in [-0.2, -0.15) is 11.8 Å². The van der Waals surface area contributed by atoms with Crippen LogP contribution in [0.25, 0.3) is 0 Å². The molecule has 2 N–H and O–H groups in total. The van der Waals surface area contributed by atoms with Crippen molar-refractivity contribution in [3.63, 3.8) is 0 Å². The lowest BCUT2D eigenvalue weighted by atomic mass is 10.4. The molecule has 100 valence electrons. The standard InChI is InChI=1S/C11H21N3OS.HI/c1-2-3-7-15-8-4-13-11(12)14-5-9-16-10-6-14;/h2H,1,3-10H2,(H2,12,13);1H. The monoisotopic (exact) mass is 371 g/mol. The van der Waals surface area contributed by atoms with Crippen molar-refractivity contribution in [1.82, 2.24) is 4.90 Å². The minimum Gasteiger partial charge on any atom is -0.379 e. The van der Waals surface area contributed by atoms with Crippen molar-refractivity contribution < 1.29 is 4.74 Å². The number of ether oxygens (including phenoxy) is 1. The highest BCUT2D eigenvalue weighted by Gasteiger charge is 2.11. The summed E-state index contributed by atoms with van der Waals surface area (Å²) in [5.41, 5.74) is 5.88. The maximum absolute atomic E-state index is 5.88. The Balaban J connectivity index is 0.00000256. The summed E-state index contributed by atoms with van der Waals surface area (Å²) in [6.07, 6.45) is 2.74. The van der Waals surface area contributed by atoms with Crippen LogP contribution in [0.2, 0.25) is 0 Å². The van der Waals surface area contributed by atoms with Gasteiger partial charge < -0.3 is 15.4 Å². The van der Waals surface area contributed by atoms with Crippen molar-refractivity contribution in [3.8, 4) is 0 Å². The van der Waals surface area contributed by atoms with E-state index in [1.807, 2.05) is 17.8 Å². The lowest BCUT2D eigenvalue weighted by Gasteiger charge is -2.27. The third-order valence-electron chi connectivity index (χ3n) is 2.31. The molecule has 0 spiro atoms. The third kappa shape index (κ3) is 7.88. The van der Waals surface area contributed by atoms with Gasteiger partial charge in [0.15, 0.2) is 5.96 Å². The molecule has 1 fully saturated rings. The number of nitrogens with two attached hydrogens (primary N) is 1. The van der Waals surface area contributed by atoms with E-state index in [-0.39, 0.29) is 24.0 Å². The Morgan fingerprint density at radius 3 is 2.76 bits per heavy atom. The van der Waals surface area contributed by atoms with Crippen LogP contribution in [0.3, 0.4) is 0 Å². The Kier molecular flexibility index (Phi) is 11.2. The van der Waals surface area contributed by atoms with E-state index < -0.39 is 0 Å². The first-order chi connectivity index (χ1) is 7.84. The number of rotatable bonds is 6. The van der Waals surface area contributed by atoms with Crippen LogP contribution in [-0.4, -0.2) is 55.2 Å². The van der Waals surface area contributed by atoms with Crippen LogP contribution in [-0.2, 0) is 4.74 Å². The van der Waals surface area contributed by atoms with Gasteiger partial charge in [0.2, 0.25) is 0 Å². The highest BCUT2D eigenvalue weighted by molar-refractivity contribution is 14.0. The first-order valence-corrected chi connectivity index (χ1v) is 6.81. The Morgan fingerprint density at radius 1 is 1.41 bits per heavy atom. The fourth-order valence-electron chi connectivity index (χ4n) is 1.39. The van der Waals surface area contributed by atoms with Gasteiger partial charge in [-0.1, -0.05) is 6.08 Å². The van der Waals surface area contributed by atoms with Crippen LogP contribution in [0, 0.1) is 0 Å². The summed E-state index contributed by atoms with van der Waals surface area (Å²) in [5.74, 6) is 2.95. The molecule has 0 aliphatic carbocycles. The molecule has 0 unspecified atom stereocenters. The quantitative estimate of drug-likeness (QED) is 0.253. The smallest absolute Gasteiger partial charge is 0.191 e. The molecule has 4 nitrogen and oxygen atoms in total. The van der Waals surface area contributed by atoms with E-state index in [4.69, 9.17) is 10.5 Å². The van der Waals surface area contributed by atoms with E-state index in [0.29, 0.717) is 19.1 Å². The molecule has 1 heterocycles.